The van der Waals surface area contributed by atoms with E-state index in [0.717, 1.165) is 17.5 Å². The lowest BCUT2D eigenvalue weighted by atomic mass is 10.1. The van der Waals surface area contributed by atoms with Crippen LogP contribution in [0.25, 0.3) is 0 Å². The number of hydrogen-bond acceptors (Lipinski definition) is 1. The van der Waals surface area contributed by atoms with Gasteiger partial charge < -0.3 is 5.11 Å². The molecule has 0 saturated carbocycles. The average molecular weight is 275 g/mol. The quantitative estimate of drug-likeness (QED) is 0.649. The van der Waals surface area contributed by atoms with E-state index in [1.54, 1.807) is 0 Å². The topological polar surface area (TPSA) is 20.2 Å². The summed E-state index contributed by atoms with van der Waals surface area (Å²) in [7, 11) is 0. The number of rotatable bonds is 2. The Hall–Kier alpha value is -0.920. The van der Waals surface area contributed by atoms with Crippen LogP contribution in [-0.4, -0.2) is 10.4 Å². The summed E-state index contributed by atoms with van der Waals surface area (Å²) in [4.78, 5) is 0. The molecule has 15 heavy (non-hydrogen) atoms. The summed E-state index contributed by atoms with van der Waals surface area (Å²) in [6.45, 7) is -0.646. The first-order chi connectivity index (χ1) is 7.19. The van der Waals surface area contributed by atoms with Crippen LogP contribution in [0.2, 0.25) is 0 Å². The van der Waals surface area contributed by atoms with Crippen molar-refractivity contribution < 1.29 is 13.9 Å². The van der Waals surface area contributed by atoms with Gasteiger partial charge in [0.1, 0.15) is 11.6 Å². The highest BCUT2D eigenvalue weighted by atomic mass is 79.9. The minimum atomic E-state index is -0.763. The van der Waals surface area contributed by atoms with Gasteiger partial charge in [-0.05, 0) is 12.1 Å². The standard InChI is InChI=1S/C11H9BrF2O/c12-4-2-1-3-8-5-10(13)9(7-15)11(14)6-8/h5-6,15H,2,4,7H2. The molecule has 0 radical (unpaired) electrons. The first kappa shape index (κ1) is 12.2. The number of aliphatic hydroxyl groups is 1. The van der Waals surface area contributed by atoms with Crippen molar-refractivity contribution in [2.45, 2.75) is 13.0 Å². The first-order valence-corrected chi connectivity index (χ1v) is 5.44. The molecule has 1 aromatic carbocycles. The summed E-state index contributed by atoms with van der Waals surface area (Å²) >= 11 is 3.19. The highest BCUT2D eigenvalue weighted by Crippen LogP contribution is 2.14. The second-order valence-corrected chi connectivity index (χ2v) is 3.61. The van der Waals surface area contributed by atoms with Crippen LogP contribution >= 0.6 is 15.9 Å². The fourth-order valence-corrected chi connectivity index (χ4v) is 1.24. The fourth-order valence-electron chi connectivity index (χ4n) is 1.04. The van der Waals surface area contributed by atoms with Crippen LogP contribution in [0, 0.1) is 23.5 Å². The van der Waals surface area contributed by atoms with E-state index in [1.807, 2.05) is 0 Å². The molecule has 0 bridgehead atoms. The third-order valence-electron chi connectivity index (χ3n) is 1.75. The Kier molecular flexibility index (Phi) is 4.73. The van der Waals surface area contributed by atoms with E-state index in [4.69, 9.17) is 5.11 Å². The molecular weight excluding hydrogens is 266 g/mol. The zero-order chi connectivity index (χ0) is 11.3. The Morgan fingerprint density at radius 2 is 1.87 bits per heavy atom. The van der Waals surface area contributed by atoms with E-state index in [-0.39, 0.29) is 11.1 Å². The molecule has 0 aliphatic heterocycles. The van der Waals surface area contributed by atoms with Crippen molar-refractivity contribution in [1.82, 2.24) is 0 Å². The average Bonchev–Trinajstić information content (AvgIpc) is 2.18. The maximum atomic E-state index is 13.1. The lowest BCUT2D eigenvalue weighted by Gasteiger charge is -2.01. The molecule has 4 heteroatoms. The Morgan fingerprint density at radius 3 is 2.33 bits per heavy atom. The molecule has 0 fully saturated rings. The largest absolute Gasteiger partial charge is 0.391 e. The van der Waals surface area contributed by atoms with Gasteiger partial charge in [-0.3, -0.25) is 0 Å². The predicted octanol–water partition coefficient (Wildman–Crippen LogP) is 2.59. The number of alkyl halides is 1. The summed E-state index contributed by atoms with van der Waals surface area (Å²) in [6, 6.07) is 2.24. The van der Waals surface area contributed by atoms with Crippen molar-refractivity contribution in [1.29, 1.82) is 0 Å². The van der Waals surface area contributed by atoms with Crippen LogP contribution in [0.15, 0.2) is 12.1 Å². The van der Waals surface area contributed by atoms with Gasteiger partial charge in [0.15, 0.2) is 0 Å². The second-order valence-electron chi connectivity index (χ2n) is 2.82. The molecule has 0 aromatic heterocycles. The van der Waals surface area contributed by atoms with Gasteiger partial charge in [-0.15, -0.1) is 0 Å². The van der Waals surface area contributed by atoms with Gasteiger partial charge in [0.25, 0.3) is 0 Å². The van der Waals surface area contributed by atoms with Crippen LogP contribution in [0.3, 0.4) is 0 Å². The predicted molar refractivity (Wildman–Crippen MR) is 57.6 cm³/mol. The molecule has 80 valence electrons. The van der Waals surface area contributed by atoms with E-state index in [1.165, 1.54) is 0 Å². The van der Waals surface area contributed by atoms with Crippen LogP contribution in [0.1, 0.15) is 17.5 Å². The van der Waals surface area contributed by atoms with Gasteiger partial charge in [-0.2, -0.15) is 0 Å². The molecule has 1 rings (SSSR count). The van der Waals surface area contributed by atoms with E-state index < -0.39 is 18.2 Å². The Morgan fingerprint density at radius 1 is 1.27 bits per heavy atom. The molecule has 1 aromatic rings. The Balaban J connectivity index is 3.00. The lowest BCUT2D eigenvalue weighted by molar-refractivity contribution is 0.269. The number of halogens is 3. The van der Waals surface area contributed by atoms with Crippen LogP contribution in [-0.2, 0) is 6.61 Å². The van der Waals surface area contributed by atoms with E-state index in [2.05, 4.69) is 27.8 Å². The van der Waals surface area contributed by atoms with Crippen LogP contribution in [0.4, 0.5) is 8.78 Å². The molecule has 0 aliphatic carbocycles. The highest BCUT2D eigenvalue weighted by Gasteiger charge is 2.08. The van der Waals surface area contributed by atoms with E-state index >= 15 is 0 Å². The molecule has 0 unspecified atom stereocenters. The molecule has 1 nitrogen and oxygen atoms in total. The first-order valence-electron chi connectivity index (χ1n) is 4.32. The third-order valence-corrected chi connectivity index (χ3v) is 2.15. The molecular formula is C11H9BrF2O. The van der Waals surface area contributed by atoms with E-state index in [0.29, 0.717) is 6.42 Å². The van der Waals surface area contributed by atoms with Crippen molar-refractivity contribution >= 4 is 15.9 Å². The number of hydrogen-bond donors (Lipinski definition) is 1. The molecule has 0 aliphatic rings. The zero-order valence-electron chi connectivity index (χ0n) is 7.86. The fraction of sp³-hybridized carbons (Fsp3) is 0.273. The molecule has 1 N–H and O–H groups in total. The summed E-state index contributed by atoms with van der Waals surface area (Å²) < 4.78 is 26.3. The normalized spacial score (nSPS) is 9.60. The van der Waals surface area contributed by atoms with Gasteiger partial charge in [0.2, 0.25) is 0 Å². The van der Waals surface area contributed by atoms with E-state index in [9.17, 15) is 8.78 Å². The van der Waals surface area contributed by atoms with Crippen LogP contribution in [0.5, 0.6) is 0 Å². The van der Waals surface area contributed by atoms with Crippen molar-refractivity contribution in [2.24, 2.45) is 0 Å². The molecule has 0 amide bonds. The summed E-state index contributed by atoms with van der Waals surface area (Å²) in [5.41, 5.74) is -0.0378. The van der Waals surface area contributed by atoms with Gasteiger partial charge >= 0.3 is 0 Å². The number of benzene rings is 1. The van der Waals surface area contributed by atoms with Gasteiger partial charge in [0.05, 0.1) is 6.61 Å². The third kappa shape index (κ3) is 3.29. The molecule has 0 heterocycles. The van der Waals surface area contributed by atoms with Gasteiger partial charge in [-0.25, -0.2) is 8.78 Å². The minimum absolute atomic E-state index is 0.281. The smallest absolute Gasteiger partial charge is 0.132 e. The lowest BCUT2D eigenvalue weighted by Crippen LogP contribution is -1.96. The monoisotopic (exact) mass is 274 g/mol. The summed E-state index contributed by atoms with van der Waals surface area (Å²) in [5, 5.41) is 9.40. The summed E-state index contributed by atoms with van der Waals surface area (Å²) in [5.74, 6) is 3.86. The SMILES string of the molecule is OCc1c(F)cc(C#CCCBr)cc1F. The van der Waals surface area contributed by atoms with Crippen LogP contribution < -0.4 is 0 Å². The Bertz CT molecular complexity index is 384. The zero-order valence-corrected chi connectivity index (χ0v) is 9.44. The maximum absolute atomic E-state index is 13.1. The maximum Gasteiger partial charge on any atom is 0.132 e. The molecule has 0 saturated heterocycles. The molecule has 0 spiro atoms. The van der Waals surface area contributed by atoms with Crippen molar-refractivity contribution in [3.05, 3.63) is 34.9 Å². The Labute approximate surface area is 95.2 Å². The van der Waals surface area contributed by atoms with Crippen molar-refractivity contribution in [2.75, 3.05) is 5.33 Å². The van der Waals surface area contributed by atoms with Crippen molar-refractivity contribution in [3.63, 3.8) is 0 Å². The minimum Gasteiger partial charge on any atom is -0.391 e. The highest BCUT2D eigenvalue weighted by molar-refractivity contribution is 9.09. The summed E-state index contributed by atoms with van der Waals surface area (Å²) in [6.07, 6.45) is 0.616. The molecule has 0 atom stereocenters. The van der Waals surface area contributed by atoms with Gasteiger partial charge in [0, 0.05) is 22.9 Å². The van der Waals surface area contributed by atoms with Gasteiger partial charge in [-0.1, -0.05) is 27.8 Å². The number of aliphatic hydroxyl groups excluding tert-OH is 1. The second kappa shape index (κ2) is 5.84. The van der Waals surface area contributed by atoms with Crippen molar-refractivity contribution in [3.8, 4) is 11.8 Å².